The highest BCUT2D eigenvalue weighted by molar-refractivity contribution is 6.14. The van der Waals surface area contributed by atoms with Crippen molar-refractivity contribution >= 4 is 23.7 Å². The van der Waals surface area contributed by atoms with Crippen LogP contribution in [0.4, 0.5) is 5.69 Å². The van der Waals surface area contributed by atoms with Gasteiger partial charge in [0.2, 0.25) is 0 Å². The van der Waals surface area contributed by atoms with Crippen molar-refractivity contribution in [3.63, 3.8) is 0 Å². The number of carboxylic acids is 2. The molecular weight excluding hydrogens is 310 g/mol. The molecule has 0 saturated carbocycles. The minimum atomic E-state index is -1.49. The number of nitrogens with one attached hydrogen (secondary N) is 1. The Labute approximate surface area is 139 Å². The van der Waals surface area contributed by atoms with Gasteiger partial charge in [-0.2, -0.15) is 0 Å². The third-order valence-corrected chi connectivity index (χ3v) is 3.29. The van der Waals surface area contributed by atoms with Crippen molar-refractivity contribution in [2.45, 2.75) is 6.92 Å². The quantitative estimate of drug-likeness (QED) is 0.437. The number of benzene rings is 1. The fraction of sp³-hybridized carbons (Fsp3) is 0.111. The number of hydrogen-bond donors (Lipinski definition) is 3. The largest absolute Gasteiger partial charge is 0.477 e. The van der Waals surface area contributed by atoms with Crippen LogP contribution in [-0.2, 0) is 14.3 Å². The summed E-state index contributed by atoms with van der Waals surface area (Å²) in [5, 5.41) is 21.1. The minimum Gasteiger partial charge on any atom is -0.477 e. The molecule has 24 heavy (non-hydrogen) atoms. The normalized spacial score (nSPS) is 13.8. The monoisotopic (exact) mass is 327 g/mol. The van der Waals surface area contributed by atoms with E-state index >= 15 is 0 Å². The topological polar surface area (TPSA) is 95.9 Å². The number of allylic oxidation sites excluding steroid dienone is 5. The summed E-state index contributed by atoms with van der Waals surface area (Å²) in [4.78, 5) is 22.3. The molecule has 6 nitrogen and oxygen atoms in total. The first-order chi connectivity index (χ1) is 11.4. The van der Waals surface area contributed by atoms with E-state index < -0.39 is 17.5 Å². The highest BCUT2D eigenvalue weighted by Crippen LogP contribution is 2.23. The minimum absolute atomic E-state index is 0.0870. The maximum Gasteiger partial charge on any atom is 0.343 e. The lowest BCUT2D eigenvalue weighted by Gasteiger charge is -2.14. The van der Waals surface area contributed by atoms with Crippen LogP contribution in [-0.4, -0.2) is 29.2 Å². The summed E-state index contributed by atoms with van der Waals surface area (Å²) in [5.74, 6) is -2.21. The standard InChI is InChI=1S/C18H17NO5/c1-11-9-13(16(17(20)21)18(22)23)10-15(24-11)8-5-12-3-6-14(19-2)7-4-12/h3-10,19H,1-2H3,(H,20,21)(H,22,23). The Balaban J connectivity index is 2.32. The predicted molar refractivity (Wildman–Crippen MR) is 90.2 cm³/mol. The lowest BCUT2D eigenvalue weighted by Crippen LogP contribution is -2.14. The van der Waals surface area contributed by atoms with Crippen molar-refractivity contribution in [2.75, 3.05) is 12.4 Å². The summed E-state index contributed by atoms with van der Waals surface area (Å²) < 4.78 is 5.50. The summed E-state index contributed by atoms with van der Waals surface area (Å²) >= 11 is 0. The number of ether oxygens (including phenoxy) is 1. The van der Waals surface area contributed by atoms with E-state index in [4.69, 9.17) is 14.9 Å². The van der Waals surface area contributed by atoms with Crippen LogP contribution < -0.4 is 5.32 Å². The number of rotatable bonds is 5. The van der Waals surface area contributed by atoms with E-state index in [2.05, 4.69) is 5.32 Å². The Morgan fingerprint density at radius 1 is 1.04 bits per heavy atom. The van der Waals surface area contributed by atoms with Gasteiger partial charge in [0, 0.05) is 18.3 Å². The van der Waals surface area contributed by atoms with Gasteiger partial charge in [-0.3, -0.25) is 0 Å². The molecule has 1 aromatic rings. The third kappa shape index (κ3) is 4.13. The van der Waals surface area contributed by atoms with Crippen LogP contribution in [0.2, 0.25) is 0 Å². The van der Waals surface area contributed by atoms with Gasteiger partial charge in [-0.25, -0.2) is 9.59 Å². The van der Waals surface area contributed by atoms with E-state index in [0.29, 0.717) is 11.5 Å². The van der Waals surface area contributed by atoms with E-state index in [-0.39, 0.29) is 5.57 Å². The van der Waals surface area contributed by atoms with Gasteiger partial charge < -0.3 is 20.3 Å². The molecule has 0 amide bonds. The van der Waals surface area contributed by atoms with Crippen LogP contribution in [0, 0.1) is 0 Å². The first kappa shape index (κ1) is 17.1. The Morgan fingerprint density at radius 2 is 1.67 bits per heavy atom. The van der Waals surface area contributed by atoms with Crippen LogP contribution in [0.3, 0.4) is 0 Å². The summed E-state index contributed by atoms with van der Waals surface area (Å²) in [6.45, 7) is 1.63. The zero-order chi connectivity index (χ0) is 17.7. The van der Waals surface area contributed by atoms with Crippen LogP contribution in [0.1, 0.15) is 12.5 Å². The Kier molecular flexibility index (Phi) is 5.21. The van der Waals surface area contributed by atoms with Gasteiger partial charge in [-0.1, -0.05) is 18.2 Å². The third-order valence-electron chi connectivity index (χ3n) is 3.29. The molecule has 0 unspecified atom stereocenters. The smallest absolute Gasteiger partial charge is 0.343 e. The molecule has 0 bridgehead atoms. The fourth-order valence-electron chi connectivity index (χ4n) is 2.16. The molecule has 3 N–H and O–H groups in total. The van der Waals surface area contributed by atoms with Crippen LogP contribution in [0.15, 0.2) is 65.2 Å². The molecule has 0 aliphatic carbocycles. The maximum absolute atomic E-state index is 11.1. The molecule has 0 radical (unpaired) electrons. The van der Waals surface area contributed by atoms with E-state index in [1.807, 2.05) is 31.3 Å². The fourth-order valence-corrected chi connectivity index (χ4v) is 2.16. The van der Waals surface area contributed by atoms with Gasteiger partial charge in [0.1, 0.15) is 11.5 Å². The summed E-state index contributed by atoms with van der Waals surface area (Å²) in [6.07, 6.45) is 6.23. The van der Waals surface area contributed by atoms with Crippen LogP contribution >= 0.6 is 0 Å². The summed E-state index contributed by atoms with van der Waals surface area (Å²) in [5.41, 5.74) is 1.30. The van der Waals surface area contributed by atoms with Crippen molar-refractivity contribution in [2.24, 2.45) is 0 Å². The van der Waals surface area contributed by atoms with E-state index in [1.165, 1.54) is 12.2 Å². The molecular formula is C18H17NO5. The molecule has 1 heterocycles. The second kappa shape index (κ2) is 7.32. The van der Waals surface area contributed by atoms with Gasteiger partial charge in [-0.15, -0.1) is 0 Å². The van der Waals surface area contributed by atoms with Gasteiger partial charge in [0.05, 0.1) is 0 Å². The molecule has 124 valence electrons. The lowest BCUT2D eigenvalue weighted by molar-refractivity contribution is -0.140. The van der Waals surface area contributed by atoms with E-state index in [1.54, 1.807) is 19.1 Å². The molecule has 0 atom stereocenters. The van der Waals surface area contributed by atoms with Crippen molar-refractivity contribution in [3.8, 4) is 0 Å². The number of hydrogen-bond acceptors (Lipinski definition) is 4. The molecule has 1 aliphatic rings. The average Bonchev–Trinajstić information content (AvgIpc) is 2.52. The molecule has 2 rings (SSSR count). The molecule has 6 heteroatoms. The molecule has 0 saturated heterocycles. The van der Waals surface area contributed by atoms with Crippen molar-refractivity contribution < 1.29 is 24.5 Å². The van der Waals surface area contributed by atoms with Gasteiger partial charge in [-0.05, 0) is 42.8 Å². The first-order valence-electron chi connectivity index (χ1n) is 7.15. The molecule has 0 fully saturated rings. The number of carboxylic acid groups (broad SMARTS) is 2. The number of anilines is 1. The van der Waals surface area contributed by atoms with Crippen molar-refractivity contribution in [3.05, 3.63) is 70.7 Å². The highest BCUT2D eigenvalue weighted by Gasteiger charge is 2.22. The predicted octanol–water partition coefficient (Wildman–Crippen LogP) is 3.03. The maximum atomic E-state index is 11.1. The Hall–Kier alpha value is -3.28. The lowest BCUT2D eigenvalue weighted by atomic mass is 10.0. The zero-order valence-electron chi connectivity index (χ0n) is 13.2. The molecule has 0 aromatic heterocycles. The Bertz CT molecular complexity index is 766. The highest BCUT2D eigenvalue weighted by atomic mass is 16.5. The molecule has 1 aliphatic heterocycles. The van der Waals surface area contributed by atoms with Crippen molar-refractivity contribution in [1.82, 2.24) is 0 Å². The molecule has 1 aromatic carbocycles. The van der Waals surface area contributed by atoms with Gasteiger partial charge in [0.15, 0.2) is 5.57 Å². The summed E-state index contributed by atoms with van der Waals surface area (Å²) in [7, 11) is 1.83. The second-order valence-corrected chi connectivity index (χ2v) is 5.05. The van der Waals surface area contributed by atoms with Crippen LogP contribution in [0.5, 0.6) is 0 Å². The van der Waals surface area contributed by atoms with E-state index in [0.717, 1.165) is 11.3 Å². The summed E-state index contributed by atoms with van der Waals surface area (Å²) in [6, 6.07) is 7.65. The van der Waals surface area contributed by atoms with Crippen molar-refractivity contribution in [1.29, 1.82) is 0 Å². The average molecular weight is 327 g/mol. The zero-order valence-corrected chi connectivity index (χ0v) is 13.2. The molecule has 0 spiro atoms. The first-order valence-corrected chi connectivity index (χ1v) is 7.15. The second-order valence-electron chi connectivity index (χ2n) is 5.05. The van der Waals surface area contributed by atoms with Gasteiger partial charge >= 0.3 is 11.9 Å². The van der Waals surface area contributed by atoms with E-state index in [9.17, 15) is 9.59 Å². The van der Waals surface area contributed by atoms with Gasteiger partial charge in [0.25, 0.3) is 0 Å². The SMILES string of the molecule is CNc1ccc(C=CC2=CC(=C(C(=O)O)C(=O)O)C=C(C)O2)cc1. The number of carbonyl (C=O) groups is 2. The van der Waals surface area contributed by atoms with Crippen LogP contribution in [0.25, 0.3) is 6.08 Å². The Morgan fingerprint density at radius 3 is 2.21 bits per heavy atom. The number of aliphatic carboxylic acids is 2.